The molecular weight excluding hydrogens is 176 g/mol. The van der Waals surface area contributed by atoms with Gasteiger partial charge in [-0.15, -0.1) is 12.3 Å². The zero-order valence-electron chi connectivity index (χ0n) is 9.38. The van der Waals surface area contributed by atoms with Gasteiger partial charge in [-0.3, -0.25) is 0 Å². The smallest absolute Gasteiger partial charge is 0.157 e. The lowest BCUT2D eigenvalue weighted by Crippen LogP contribution is -2.18. The lowest BCUT2D eigenvalue weighted by Gasteiger charge is -2.21. The second kappa shape index (κ2) is 7.61. The molecule has 0 rings (SSSR count). The third-order valence-electron chi connectivity index (χ3n) is 2.34. The van der Waals surface area contributed by atoms with E-state index in [-0.39, 0.29) is 6.29 Å². The van der Waals surface area contributed by atoms with E-state index in [1.165, 1.54) is 0 Å². The summed E-state index contributed by atoms with van der Waals surface area (Å²) in [7, 11) is 3.29. The Bertz CT molecular complexity index is 199. The SMILES string of the molecule is C#CCC[C@H](CC(OC)OC)C(=C)C. The minimum Gasteiger partial charge on any atom is -0.356 e. The highest BCUT2D eigenvalue weighted by Crippen LogP contribution is 2.22. The van der Waals surface area contributed by atoms with E-state index >= 15 is 0 Å². The van der Waals surface area contributed by atoms with E-state index in [1.54, 1.807) is 14.2 Å². The fourth-order valence-electron chi connectivity index (χ4n) is 1.34. The maximum Gasteiger partial charge on any atom is 0.157 e. The van der Waals surface area contributed by atoms with Gasteiger partial charge in [0.1, 0.15) is 0 Å². The second-order valence-electron chi connectivity index (χ2n) is 3.42. The van der Waals surface area contributed by atoms with Gasteiger partial charge in [-0.2, -0.15) is 0 Å². The summed E-state index contributed by atoms with van der Waals surface area (Å²) in [5, 5.41) is 0. The van der Waals surface area contributed by atoms with Gasteiger partial charge in [0.2, 0.25) is 0 Å². The van der Waals surface area contributed by atoms with Crippen LogP contribution in [0.3, 0.4) is 0 Å². The van der Waals surface area contributed by atoms with Crippen molar-refractivity contribution in [2.75, 3.05) is 14.2 Å². The van der Waals surface area contributed by atoms with E-state index in [9.17, 15) is 0 Å². The third kappa shape index (κ3) is 5.06. The van der Waals surface area contributed by atoms with Crippen LogP contribution in [0.25, 0.3) is 0 Å². The van der Waals surface area contributed by atoms with Gasteiger partial charge in [0.25, 0.3) is 0 Å². The van der Waals surface area contributed by atoms with Crippen LogP contribution < -0.4 is 0 Å². The summed E-state index contributed by atoms with van der Waals surface area (Å²) in [4.78, 5) is 0. The maximum atomic E-state index is 5.23. The van der Waals surface area contributed by atoms with E-state index in [0.29, 0.717) is 5.92 Å². The van der Waals surface area contributed by atoms with Crippen molar-refractivity contribution in [2.24, 2.45) is 5.92 Å². The number of hydrogen-bond acceptors (Lipinski definition) is 2. The Balaban J connectivity index is 4.08. The minimum atomic E-state index is -0.158. The van der Waals surface area contributed by atoms with Crippen molar-refractivity contribution in [1.82, 2.24) is 0 Å². The average Bonchev–Trinajstić information content (AvgIpc) is 2.18. The molecule has 0 aliphatic heterocycles. The van der Waals surface area contributed by atoms with Crippen LogP contribution in [0.2, 0.25) is 0 Å². The molecule has 2 heteroatoms. The second-order valence-corrected chi connectivity index (χ2v) is 3.42. The Hall–Kier alpha value is -0.780. The average molecular weight is 196 g/mol. The molecule has 1 atom stereocenters. The Morgan fingerprint density at radius 2 is 2.00 bits per heavy atom. The largest absolute Gasteiger partial charge is 0.356 e. The van der Waals surface area contributed by atoms with E-state index < -0.39 is 0 Å². The van der Waals surface area contributed by atoms with E-state index in [2.05, 4.69) is 12.5 Å². The van der Waals surface area contributed by atoms with Crippen molar-refractivity contribution in [3.05, 3.63) is 12.2 Å². The molecule has 0 fully saturated rings. The molecule has 0 aromatic heterocycles. The molecule has 0 unspecified atom stereocenters. The highest BCUT2D eigenvalue weighted by Gasteiger charge is 2.15. The van der Waals surface area contributed by atoms with Gasteiger partial charge in [-0.1, -0.05) is 12.2 Å². The van der Waals surface area contributed by atoms with E-state index in [4.69, 9.17) is 15.9 Å². The first-order valence-electron chi connectivity index (χ1n) is 4.80. The number of terminal acetylenes is 1. The molecule has 0 aromatic carbocycles. The van der Waals surface area contributed by atoms with Crippen LogP contribution in [0.4, 0.5) is 0 Å². The number of ether oxygens (including phenoxy) is 2. The molecule has 14 heavy (non-hydrogen) atoms. The first kappa shape index (κ1) is 13.2. The summed E-state index contributed by atoms with van der Waals surface area (Å²) < 4.78 is 10.3. The number of methoxy groups -OCH3 is 2. The van der Waals surface area contributed by atoms with Crippen LogP contribution in [0, 0.1) is 18.3 Å². The molecule has 2 nitrogen and oxygen atoms in total. The highest BCUT2D eigenvalue weighted by atomic mass is 16.7. The third-order valence-corrected chi connectivity index (χ3v) is 2.34. The van der Waals surface area contributed by atoms with Crippen LogP contribution in [-0.2, 0) is 9.47 Å². The Morgan fingerprint density at radius 1 is 1.43 bits per heavy atom. The molecule has 0 N–H and O–H groups in total. The lowest BCUT2D eigenvalue weighted by atomic mass is 9.93. The fraction of sp³-hybridized carbons (Fsp3) is 0.667. The van der Waals surface area contributed by atoms with Gasteiger partial charge in [0.05, 0.1) is 0 Å². The minimum absolute atomic E-state index is 0.158. The summed E-state index contributed by atoms with van der Waals surface area (Å²) in [5.74, 6) is 3.02. The Morgan fingerprint density at radius 3 is 2.36 bits per heavy atom. The summed E-state index contributed by atoms with van der Waals surface area (Å²) >= 11 is 0. The van der Waals surface area contributed by atoms with Crippen molar-refractivity contribution < 1.29 is 9.47 Å². The van der Waals surface area contributed by atoms with Gasteiger partial charge in [-0.05, 0) is 19.3 Å². The topological polar surface area (TPSA) is 18.5 Å². The van der Waals surface area contributed by atoms with Crippen LogP contribution >= 0.6 is 0 Å². The van der Waals surface area contributed by atoms with Crippen LogP contribution in [-0.4, -0.2) is 20.5 Å². The van der Waals surface area contributed by atoms with Crippen molar-refractivity contribution in [2.45, 2.75) is 32.5 Å². The lowest BCUT2D eigenvalue weighted by molar-refractivity contribution is -0.112. The molecule has 0 aliphatic rings. The number of allylic oxidation sites excluding steroid dienone is 1. The monoisotopic (exact) mass is 196 g/mol. The summed E-state index contributed by atoms with van der Waals surface area (Å²) in [6.07, 6.45) is 7.63. The molecular formula is C12H20O2. The molecule has 0 saturated heterocycles. The molecule has 0 aromatic rings. The van der Waals surface area contributed by atoms with Gasteiger partial charge in [-0.25, -0.2) is 0 Å². The molecule has 0 amide bonds. The summed E-state index contributed by atoms with van der Waals surface area (Å²) in [6.45, 7) is 5.97. The highest BCUT2D eigenvalue weighted by molar-refractivity contribution is 4.98. The predicted molar refractivity (Wildman–Crippen MR) is 58.8 cm³/mol. The van der Waals surface area contributed by atoms with Crippen LogP contribution in [0.1, 0.15) is 26.2 Å². The molecule has 0 aliphatic carbocycles. The zero-order valence-corrected chi connectivity index (χ0v) is 9.38. The fourth-order valence-corrected chi connectivity index (χ4v) is 1.34. The van der Waals surface area contributed by atoms with Gasteiger partial charge < -0.3 is 9.47 Å². The number of rotatable bonds is 7. The molecule has 0 saturated carbocycles. The van der Waals surface area contributed by atoms with E-state index in [1.807, 2.05) is 6.92 Å². The van der Waals surface area contributed by atoms with E-state index in [0.717, 1.165) is 24.8 Å². The molecule has 0 spiro atoms. The first-order valence-corrected chi connectivity index (χ1v) is 4.80. The standard InChI is InChI=1S/C12H20O2/c1-6-7-8-11(10(2)3)9-12(13-4)14-5/h1,11-12H,2,7-9H2,3-5H3/t11-/m1/s1. The predicted octanol–water partition coefficient (Wildman–Crippen LogP) is 2.60. The Kier molecular flexibility index (Phi) is 7.18. The number of hydrogen-bond donors (Lipinski definition) is 0. The normalized spacial score (nSPS) is 12.5. The van der Waals surface area contributed by atoms with Crippen molar-refractivity contribution in [3.8, 4) is 12.3 Å². The van der Waals surface area contributed by atoms with Crippen molar-refractivity contribution >= 4 is 0 Å². The molecule has 80 valence electrons. The van der Waals surface area contributed by atoms with Crippen LogP contribution in [0.15, 0.2) is 12.2 Å². The van der Waals surface area contributed by atoms with Gasteiger partial charge in [0, 0.05) is 27.1 Å². The molecule has 0 radical (unpaired) electrons. The van der Waals surface area contributed by atoms with Crippen molar-refractivity contribution in [3.63, 3.8) is 0 Å². The maximum absolute atomic E-state index is 5.23. The van der Waals surface area contributed by atoms with Crippen molar-refractivity contribution in [1.29, 1.82) is 0 Å². The quantitative estimate of drug-likeness (QED) is 0.354. The zero-order chi connectivity index (χ0) is 11.0. The van der Waals surface area contributed by atoms with Gasteiger partial charge >= 0.3 is 0 Å². The summed E-state index contributed by atoms with van der Waals surface area (Å²) in [5.41, 5.74) is 1.14. The molecule has 0 heterocycles. The summed E-state index contributed by atoms with van der Waals surface area (Å²) in [6, 6.07) is 0. The molecule has 0 bridgehead atoms. The van der Waals surface area contributed by atoms with Gasteiger partial charge in [0.15, 0.2) is 6.29 Å². The first-order chi connectivity index (χ1) is 6.65. The Labute approximate surface area is 87.3 Å². The van der Waals surface area contributed by atoms with Crippen LogP contribution in [0.5, 0.6) is 0 Å².